The molecule has 2 aromatic rings. The van der Waals surface area contributed by atoms with Gasteiger partial charge < -0.3 is 10.2 Å². The Morgan fingerprint density at radius 2 is 1.62 bits per heavy atom. The lowest BCUT2D eigenvalue weighted by molar-refractivity contribution is -0.139. The van der Waals surface area contributed by atoms with E-state index in [1.54, 1.807) is 0 Å². The Bertz CT molecular complexity index is 1070. The van der Waals surface area contributed by atoms with Crippen molar-refractivity contribution < 1.29 is 18.0 Å². The Hall–Kier alpha value is -2.29. The molecule has 186 valence electrons. The van der Waals surface area contributed by atoms with Gasteiger partial charge in [-0.05, 0) is 50.5 Å². The van der Waals surface area contributed by atoms with Crippen molar-refractivity contribution in [2.24, 2.45) is 0 Å². The van der Waals surface area contributed by atoms with Gasteiger partial charge in [-0.1, -0.05) is 60.5 Å². The fourth-order valence-electron chi connectivity index (χ4n) is 3.57. The smallest absolute Gasteiger partial charge is 0.244 e. The highest BCUT2D eigenvalue weighted by Gasteiger charge is 2.31. The summed E-state index contributed by atoms with van der Waals surface area (Å²) in [6, 6.07) is 13.1. The summed E-state index contributed by atoms with van der Waals surface area (Å²) in [7, 11) is -3.85. The van der Waals surface area contributed by atoms with Gasteiger partial charge in [0.2, 0.25) is 21.8 Å². The molecule has 1 N–H and O–H groups in total. The molecule has 0 spiro atoms. The maximum Gasteiger partial charge on any atom is 0.244 e. The first kappa shape index (κ1) is 28.0. The molecule has 1 atom stereocenters. The van der Waals surface area contributed by atoms with Gasteiger partial charge in [0.15, 0.2) is 0 Å². The van der Waals surface area contributed by atoms with Crippen molar-refractivity contribution >= 4 is 50.7 Å². The van der Waals surface area contributed by atoms with E-state index in [9.17, 15) is 18.0 Å². The lowest BCUT2D eigenvalue weighted by Crippen LogP contribution is -2.54. The molecular formula is C24H31Cl2N3O4S. The van der Waals surface area contributed by atoms with Crippen LogP contribution in [0, 0.1) is 0 Å². The van der Waals surface area contributed by atoms with E-state index in [1.165, 1.54) is 23.1 Å². The standard InChI is InChI=1S/C24H31Cl2N3O4S/c1-5-22(24(31)27-17(2)3)28(12-11-18-9-7-6-8-10-18)23(30)16-29(34(4,32)33)21-14-19(25)13-20(26)15-21/h6-10,13-15,17,22H,5,11-12,16H2,1-4H3,(H,27,31)/t22-/m0/s1. The van der Waals surface area contributed by atoms with Gasteiger partial charge in [0.05, 0.1) is 11.9 Å². The molecule has 2 rings (SSSR count). The lowest BCUT2D eigenvalue weighted by Gasteiger charge is -2.33. The zero-order chi connectivity index (χ0) is 25.5. The lowest BCUT2D eigenvalue weighted by atomic mass is 10.1. The molecule has 0 unspecified atom stereocenters. The number of nitrogens with zero attached hydrogens (tertiary/aromatic N) is 2. The number of rotatable bonds is 11. The van der Waals surface area contributed by atoms with Crippen LogP contribution in [0.25, 0.3) is 0 Å². The molecule has 0 fully saturated rings. The number of halogens is 2. The molecule has 0 aliphatic heterocycles. The van der Waals surface area contributed by atoms with Gasteiger partial charge in [-0.2, -0.15) is 0 Å². The molecule has 0 heterocycles. The predicted octanol–water partition coefficient (Wildman–Crippen LogP) is 4.13. The molecule has 0 aliphatic carbocycles. The molecule has 0 aliphatic rings. The van der Waals surface area contributed by atoms with Gasteiger partial charge in [-0.25, -0.2) is 8.42 Å². The molecule has 2 amide bonds. The first-order valence-corrected chi connectivity index (χ1v) is 13.6. The molecule has 0 aromatic heterocycles. The van der Waals surface area contributed by atoms with Crippen LogP contribution in [0.2, 0.25) is 10.0 Å². The summed E-state index contributed by atoms with van der Waals surface area (Å²) in [5.74, 6) is -0.779. The quantitative estimate of drug-likeness (QED) is 0.475. The van der Waals surface area contributed by atoms with Crippen LogP contribution >= 0.6 is 23.2 Å². The Balaban J connectivity index is 2.39. The van der Waals surface area contributed by atoms with Crippen LogP contribution in [0.3, 0.4) is 0 Å². The van der Waals surface area contributed by atoms with Crippen LogP contribution in [0.5, 0.6) is 0 Å². The van der Waals surface area contributed by atoms with Crippen LogP contribution in [0.1, 0.15) is 32.8 Å². The maximum absolute atomic E-state index is 13.5. The highest BCUT2D eigenvalue weighted by molar-refractivity contribution is 7.92. The summed E-state index contributed by atoms with van der Waals surface area (Å²) in [6.45, 7) is 5.26. The minimum atomic E-state index is -3.85. The predicted molar refractivity (Wildman–Crippen MR) is 138 cm³/mol. The van der Waals surface area contributed by atoms with Gasteiger partial charge >= 0.3 is 0 Å². The summed E-state index contributed by atoms with van der Waals surface area (Å²) >= 11 is 12.1. The Morgan fingerprint density at radius 3 is 2.12 bits per heavy atom. The van der Waals surface area contributed by atoms with Crippen molar-refractivity contribution in [1.82, 2.24) is 10.2 Å². The van der Waals surface area contributed by atoms with Crippen LogP contribution in [-0.4, -0.2) is 56.6 Å². The summed E-state index contributed by atoms with van der Waals surface area (Å²) < 4.78 is 26.2. The van der Waals surface area contributed by atoms with E-state index in [0.29, 0.717) is 12.8 Å². The van der Waals surface area contributed by atoms with E-state index in [4.69, 9.17) is 23.2 Å². The van der Waals surface area contributed by atoms with E-state index in [0.717, 1.165) is 16.1 Å². The molecule has 34 heavy (non-hydrogen) atoms. The first-order valence-electron chi connectivity index (χ1n) is 11.0. The average Bonchev–Trinajstić information content (AvgIpc) is 2.73. The molecule has 10 heteroatoms. The maximum atomic E-state index is 13.5. The molecule has 0 saturated carbocycles. The van der Waals surface area contributed by atoms with E-state index in [-0.39, 0.29) is 34.2 Å². The van der Waals surface area contributed by atoms with Crippen molar-refractivity contribution in [3.63, 3.8) is 0 Å². The second kappa shape index (κ2) is 12.4. The van der Waals surface area contributed by atoms with Crippen molar-refractivity contribution in [2.75, 3.05) is 23.7 Å². The monoisotopic (exact) mass is 527 g/mol. The van der Waals surface area contributed by atoms with Gasteiger partial charge in [-0.3, -0.25) is 13.9 Å². The van der Waals surface area contributed by atoms with E-state index in [1.807, 2.05) is 51.1 Å². The Morgan fingerprint density at radius 1 is 1.03 bits per heavy atom. The first-order chi connectivity index (χ1) is 15.9. The fourth-order valence-corrected chi connectivity index (χ4v) is 4.92. The third-order valence-electron chi connectivity index (χ3n) is 5.12. The fraction of sp³-hybridized carbons (Fsp3) is 0.417. The second-order valence-electron chi connectivity index (χ2n) is 8.31. The van der Waals surface area contributed by atoms with Crippen molar-refractivity contribution in [1.29, 1.82) is 0 Å². The number of carbonyl (C=O) groups is 2. The topological polar surface area (TPSA) is 86.8 Å². The molecule has 7 nitrogen and oxygen atoms in total. The third kappa shape index (κ3) is 8.18. The highest BCUT2D eigenvalue weighted by Crippen LogP contribution is 2.27. The number of nitrogens with one attached hydrogen (secondary N) is 1. The van der Waals surface area contributed by atoms with Crippen LogP contribution in [0.15, 0.2) is 48.5 Å². The zero-order valence-corrected chi connectivity index (χ0v) is 22.1. The third-order valence-corrected chi connectivity index (χ3v) is 6.69. The van der Waals surface area contributed by atoms with Crippen molar-refractivity contribution in [3.8, 4) is 0 Å². The summed E-state index contributed by atoms with van der Waals surface area (Å²) in [5.41, 5.74) is 1.18. The van der Waals surface area contributed by atoms with E-state index >= 15 is 0 Å². The SMILES string of the molecule is CC[C@@H](C(=O)NC(C)C)N(CCc1ccccc1)C(=O)CN(c1cc(Cl)cc(Cl)c1)S(C)(=O)=O. The summed E-state index contributed by atoms with van der Waals surface area (Å²) in [6.07, 6.45) is 1.90. The molecule has 0 bridgehead atoms. The number of amides is 2. The normalized spacial score (nSPS) is 12.3. The molecular weight excluding hydrogens is 497 g/mol. The number of benzene rings is 2. The summed E-state index contributed by atoms with van der Waals surface area (Å²) in [5, 5.41) is 3.34. The molecule has 0 radical (unpaired) electrons. The van der Waals surface area contributed by atoms with E-state index in [2.05, 4.69) is 5.32 Å². The molecule has 0 saturated heterocycles. The van der Waals surface area contributed by atoms with Crippen LogP contribution < -0.4 is 9.62 Å². The highest BCUT2D eigenvalue weighted by atomic mass is 35.5. The van der Waals surface area contributed by atoms with Crippen molar-refractivity contribution in [2.45, 2.75) is 45.7 Å². The second-order valence-corrected chi connectivity index (χ2v) is 11.1. The average molecular weight is 529 g/mol. The largest absolute Gasteiger partial charge is 0.352 e. The van der Waals surface area contributed by atoms with Crippen LogP contribution in [0.4, 0.5) is 5.69 Å². The van der Waals surface area contributed by atoms with Crippen molar-refractivity contribution in [3.05, 3.63) is 64.1 Å². The Labute approximate surface area is 212 Å². The van der Waals surface area contributed by atoms with Gasteiger partial charge in [-0.15, -0.1) is 0 Å². The van der Waals surface area contributed by atoms with E-state index < -0.39 is 28.5 Å². The van der Waals surface area contributed by atoms with Gasteiger partial charge in [0.25, 0.3) is 0 Å². The van der Waals surface area contributed by atoms with Gasteiger partial charge in [0.1, 0.15) is 12.6 Å². The van der Waals surface area contributed by atoms with Crippen LogP contribution in [-0.2, 0) is 26.0 Å². The molecule has 2 aromatic carbocycles. The number of hydrogen-bond donors (Lipinski definition) is 1. The minimum absolute atomic E-state index is 0.103. The zero-order valence-electron chi connectivity index (χ0n) is 19.8. The number of hydrogen-bond acceptors (Lipinski definition) is 4. The summed E-state index contributed by atoms with van der Waals surface area (Å²) in [4.78, 5) is 27.9. The number of sulfonamides is 1. The number of anilines is 1. The van der Waals surface area contributed by atoms with Gasteiger partial charge in [0, 0.05) is 22.6 Å². The number of carbonyl (C=O) groups excluding carboxylic acids is 2. The Kier molecular flexibility index (Phi) is 10.2. The minimum Gasteiger partial charge on any atom is -0.352 e.